The number of methoxy groups -OCH3 is 2. The predicted octanol–water partition coefficient (Wildman–Crippen LogP) is 19.6. The third-order valence-electron chi connectivity index (χ3n) is 17.4. The number of anilines is 1. The van der Waals surface area contributed by atoms with Gasteiger partial charge in [0.15, 0.2) is 5.60 Å². The Morgan fingerprint density at radius 3 is 2.01 bits per heavy atom. The van der Waals surface area contributed by atoms with Crippen LogP contribution >= 0.6 is 0 Å². The van der Waals surface area contributed by atoms with Crippen LogP contribution in [0.3, 0.4) is 0 Å². The number of amides is 1. The van der Waals surface area contributed by atoms with Crippen molar-refractivity contribution in [3.05, 3.63) is 207 Å². The summed E-state index contributed by atoms with van der Waals surface area (Å²) in [4.78, 5) is 13.8. The quantitative estimate of drug-likeness (QED) is 0.0923. The Kier molecular flexibility index (Phi) is 14.5. The predicted molar refractivity (Wildman–Crippen MR) is 312 cm³/mol. The van der Waals surface area contributed by atoms with Crippen LogP contribution in [0.1, 0.15) is 144 Å². The number of benzene rings is 8. The highest BCUT2D eigenvalue weighted by Gasteiger charge is 2.50. The molecule has 1 N–H and O–H groups in total. The SMILES string of the molecule is CCCCCC1CCC(c2ccc(-c3ccc(C(=O)Nc4ccc(-c5cc6c7c(c8c(c6cc5OC)OC(c5ccccc5)(c5ccc(OC)cc5C)C=C8)C(C)(C)c5c-7cc(C(F)(F)F)cc5C(F)(F)F)c(C)c4)cc3)cc2)CC1. The molecule has 0 bridgehead atoms. The van der Waals surface area contributed by atoms with Gasteiger partial charge in [0.1, 0.15) is 17.2 Å². The summed E-state index contributed by atoms with van der Waals surface area (Å²) in [6.45, 7) is 9.33. The largest absolute Gasteiger partial charge is 0.497 e. The highest BCUT2D eigenvalue weighted by Crippen LogP contribution is 2.62. The van der Waals surface area contributed by atoms with Gasteiger partial charge in [-0.05, 0) is 179 Å². The Morgan fingerprint density at radius 1 is 0.679 bits per heavy atom. The molecule has 0 saturated heterocycles. The number of hydrogen-bond acceptors (Lipinski definition) is 4. The smallest absolute Gasteiger partial charge is 0.416 e. The summed E-state index contributed by atoms with van der Waals surface area (Å²) >= 11 is 0. The van der Waals surface area contributed by atoms with E-state index in [9.17, 15) is 18.0 Å². The lowest BCUT2D eigenvalue weighted by Crippen LogP contribution is -2.35. The van der Waals surface area contributed by atoms with E-state index < -0.39 is 34.5 Å². The van der Waals surface area contributed by atoms with Crippen molar-refractivity contribution < 1.29 is 45.3 Å². The molecule has 1 heterocycles. The average molecular weight is 1100 g/mol. The number of unbranched alkanes of at least 4 members (excludes halogenated alkanes) is 2. The van der Waals surface area contributed by atoms with Crippen LogP contribution in [0, 0.1) is 19.8 Å². The van der Waals surface area contributed by atoms with Gasteiger partial charge in [0.25, 0.3) is 5.91 Å². The van der Waals surface area contributed by atoms with Crippen LogP contribution in [0.25, 0.3) is 50.2 Å². The molecule has 416 valence electrons. The maximum atomic E-state index is 15.4. The lowest BCUT2D eigenvalue weighted by molar-refractivity contribution is -0.143. The molecule has 1 atom stereocenters. The molecule has 1 unspecified atom stereocenters. The summed E-state index contributed by atoms with van der Waals surface area (Å²) in [5.74, 6) is 2.48. The van der Waals surface area contributed by atoms with Gasteiger partial charge in [-0.15, -0.1) is 0 Å². The number of ether oxygens (including phenoxy) is 3. The summed E-state index contributed by atoms with van der Waals surface area (Å²) in [6.07, 6.45) is 3.86. The molecule has 3 aliphatic rings. The second-order valence-electron chi connectivity index (χ2n) is 22.8. The molecular weight excluding hydrogens is 1030 g/mol. The Labute approximate surface area is 470 Å². The Hall–Kier alpha value is -7.79. The fourth-order valence-electron chi connectivity index (χ4n) is 13.3. The lowest BCUT2D eigenvalue weighted by Gasteiger charge is -2.39. The number of fused-ring (bicyclic) bond motifs is 8. The van der Waals surface area contributed by atoms with Gasteiger partial charge in [0, 0.05) is 44.3 Å². The van der Waals surface area contributed by atoms with Gasteiger partial charge in [-0.3, -0.25) is 4.79 Å². The van der Waals surface area contributed by atoms with E-state index in [4.69, 9.17) is 14.2 Å². The summed E-state index contributed by atoms with van der Waals surface area (Å²) in [5, 5.41) is 3.83. The first-order valence-electron chi connectivity index (χ1n) is 28.0. The molecular formula is C70H65F6NO4. The zero-order chi connectivity index (χ0) is 57.2. The molecule has 8 aromatic rings. The molecule has 2 aliphatic carbocycles. The number of carbonyl (C=O) groups excluding carboxylic acids is 1. The number of alkyl halides is 6. The average Bonchev–Trinajstić information content (AvgIpc) is 3.83. The van der Waals surface area contributed by atoms with Crippen LogP contribution in [0.15, 0.2) is 146 Å². The number of nitrogens with one attached hydrogen (secondary N) is 1. The molecule has 0 radical (unpaired) electrons. The van der Waals surface area contributed by atoms with Crippen LogP contribution in [0.4, 0.5) is 32.0 Å². The van der Waals surface area contributed by atoms with E-state index in [0.717, 1.165) is 45.4 Å². The zero-order valence-corrected chi connectivity index (χ0v) is 46.6. The molecule has 1 saturated carbocycles. The number of halogens is 6. The maximum absolute atomic E-state index is 15.4. The highest BCUT2D eigenvalue weighted by molar-refractivity contribution is 6.11. The van der Waals surface area contributed by atoms with Crippen molar-refractivity contribution in [2.75, 3.05) is 19.5 Å². The maximum Gasteiger partial charge on any atom is 0.416 e. The van der Waals surface area contributed by atoms with Gasteiger partial charge in [-0.2, -0.15) is 26.3 Å². The van der Waals surface area contributed by atoms with E-state index in [0.29, 0.717) is 67.4 Å². The number of hydrogen-bond donors (Lipinski definition) is 1. The van der Waals surface area contributed by atoms with Gasteiger partial charge < -0.3 is 19.5 Å². The van der Waals surface area contributed by atoms with Gasteiger partial charge in [0.2, 0.25) is 0 Å². The van der Waals surface area contributed by atoms with Gasteiger partial charge in [0.05, 0.1) is 25.3 Å². The molecule has 5 nitrogen and oxygen atoms in total. The highest BCUT2D eigenvalue weighted by atomic mass is 19.4. The van der Waals surface area contributed by atoms with E-state index >= 15 is 13.2 Å². The summed E-state index contributed by atoms with van der Waals surface area (Å²) in [7, 11) is 3.09. The molecule has 0 spiro atoms. The Bertz CT molecular complexity index is 3740. The molecule has 0 aromatic heterocycles. The van der Waals surface area contributed by atoms with E-state index in [-0.39, 0.29) is 28.7 Å². The van der Waals surface area contributed by atoms with E-state index in [1.165, 1.54) is 64.0 Å². The standard InChI is InChI=1S/C70H65F6NO4/c1-8-9-11-14-43-17-19-44(20-18-43)45-21-23-46(24-22-45)47-25-27-48(28-26-47)66(78)77-51-29-31-53(41(2)35-51)55-39-56-57(40-61(55)80-7)65-54(33-34-68(81-65,49-15-12-10-13-16-49)59-32-30-52(79-6)36-42(59)3)64-62(56)58-37-50(69(71,72)73)38-60(70(74,75)76)63(58)67(64,4)5/h10,12-13,15-16,21-40,43-44H,8-9,11,14,17-20H2,1-7H3,(H,77,78). The molecule has 81 heavy (non-hydrogen) atoms. The molecule has 8 aromatic carbocycles. The van der Waals surface area contributed by atoms with Crippen molar-refractivity contribution in [1.82, 2.24) is 0 Å². The minimum atomic E-state index is -5.13. The summed E-state index contributed by atoms with van der Waals surface area (Å²) in [5.41, 5.74) is 3.86. The van der Waals surface area contributed by atoms with Crippen molar-refractivity contribution in [3.8, 4) is 50.6 Å². The summed E-state index contributed by atoms with van der Waals surface area (Å²) in [6, 6.07) is 41.6. The first kappa shape index (κ1) is 55.1. The topological polar surface area (TPSA) is 56.8 Å². The van der Waals surface area contributed by atoms with Crippen molar-refractivity contribution in [2.24, 2.45) is 5.92 Å². The van der Waals surface area contributed by atoms with E-state index in [1.54, 1.807) is 39.2 Å². The van der Waals surface area contributed by atoms with E-state index in [1.807, 2.05) is 111 Å². The second-order valence-corrected chi connectivity index (χ2v) is 22.8. The normalized spacial score (nSPS) is 18.2. The van der Waals surface area contributed by atoms with Gasteiger partial charge >= 0.3 is 12.4 Å². The number of rotatable bonds is 13. The van der Waals surface area contributed by atoms with Crippen molar-refractivity contribution in [3.63, 3.8) is 0 Å². The van der Waals surface area contributed by atoms with Crippen molar-refractivity contribution in [1.29, 1.82) is 0 Å². The van der Waals surface area contributed by atoms with E-state index in [2.05, 4.69) is 36.5 Å². The molecule has 1 amide bonds. The molecule has 11 rings (SSSR count). The second kappa shape index (κ2) is 21.3. The van der Waals surface area contributed by atoms with Gasteiger partial charge in [-0.25, -0.2) is 0 Å². The first-order chi connectivity index (χ1) is 38.7. The molecule has 11 heteroatoms. The van der Waals surface area contributed by atoms with Crippen LogP contribution in [-0.4, -0.2) is 20.1 Å². The summed E-state index contributed by atoms with van der Waals surface area (Å²) < 4.78 is 110. The minimum Gasteiger partial charge on any atom is -0.497 e. The van der Waals surface area contributed by atoms with Crippen LogP contribution < -0.4 is 19.5 Å². The third-order valence-corrected chi connectivity index (χ3v) is 17.4. The minimum absolute atomic E-state index is 0.165. The lowest BCUT2D eigenvalue weighted by atomic mass is 9.75. The monoisotopic (exact) mass is 1100 g/mol. The first-order valence-corrected chi connectivity index (χ1v) is 28.0. The zero-order valence-electron chi connectivity index (χ0n) is 46.6. The fourth-order valence-corrected chi connectivity index (χ4v) is 13.3. The Balaban J connectivity index is 0.968. The van der Waals surface area contributed by atoms with Crippen molar-refractivity contribution >= 4 is 28.4 Å². The van der Waals surface area contributed by atoms with Crippen LogP contribution in [-0.2, 0) is 23.4 Å². The molecule has 1 fully saturated rings. The van der Waals surface area contributed by atoms with Crippen LogP contribution in [0.5, 0.6) is 17.2 Å². The Morgan fingerprint density at radius 2 is 1.38 bits per heavy atom. The number of aryl methyl sites for hydroxylation is 2. The number of carbonyl (C=O) groups is 1. The van der Waals surface area contributed by atoms with Crippen molar-refractivity contribution in [2.45, 2.75) is 115 Å². The molecule has 1 aliphatic heterocycles. The third kappa shape index (κ3) is 10.0. The fraction of sp³-hybridized carbons (Fsp3) is 0.300. The van der Waals surface area contributed by atoms with Gasteiger partial charge in [-0.1, -0.05) is 131 Å². The van der Waals surface area contributed by atoms with Crippen LogP contribution in [0.2, 0.25) is 0 Å².